The van der Waals surface area contributed by atoms with Gasteiger partial charge in [-0.1, -0.05) is 35.9 Å². The molecule has 198 valence electrons. The van der Waals surface area contributed by atoms with Crippen LogP contribution in [0.25, 0.3) is 11.3 Å². The summed E-state index contributed by atoms with van der Waals surface area (Å²) in [5.41, 5.74) is 3.86. The lowest BCUT2D eigenvalue weighted by Crippen LogP contribution is -2.32. The van der Waals surface area contributed by atoms with Crippen molar-refractivity contribution in [3.8, 4) is 11.3 Å². The highest BCUT2D eigenvalue weighted by atomic mass is 32.1. The summed E-state index contributed by atoms with van der Waals surface area (Å²) in [4.78, 5) is 31.3. The van der Waals surface area contributed by atoms with Crippen LogP contribution in [-0.4, -0.2) is 40.5 Å². The molecule has 1 aliphatic rings. The fourth-order valence-corrected chi connectivity index (χ4v) is 4.95. The van der Waals surface area contributed by atoms with Crippen molar-refractivity contribution in [3.63, 3.8) is 0 Å². The second-order valence-electron chi connectivity index (χ2n) is 9.26. The largest absolute Gasteiger partial charge is 0.465 e. The zero-order valence-electron chi connectivity index (χ0n) is 21.6. The van der Waals surface area contributed by atoms with Crippen molar-refractivity contribution in [2.45, 2.75) is 25.4 Å². The molecule has 0 radical (unpaired) electrons. The highest BCUT2D eigenvalue weighted by Crippen LogP contribution is 2.40. The van der Waals surface area contributed by atoms with Gasteiger partial charge in [0.1, 0.15) is 17.6 Å². The molecule has 0 aliphatic carbocycles. The lowest BCUT2D eigenvalue weighted by Gasteiger charge is -2.25. The van der Waals surface area contributed by atoms with Gasteiger partial charge in [0.05, 0.1) is 24.4 Å². The Kier molecular flexibility index (Phi) is 7.69. The number of hydrogen-bond acceptors (Lipinski definition) is 6. The molecule has 5 rings (SSSR count). The summed E-state index contributed by atoms with van der Waals surface area (Å²) in [5.74, 6) is 0.738. The number of pyridine rings is 1. The number of esters is 1. The van der Waals surface area contributed by atoms with E-state index in [0.29, 0.717) is 28.7 Å². The number of hydrogen-bond donors (Lipinski definition) is 2. The normalized spacial score (nSPS) is 16.6. The Labute approximate surface area is 232 Å². The Morgan fingerprint density at radius 3 is 2.64 bits per heavy atom. The van der Waals surface area contributed by atoms with E-state index in [4.69, 9.17) is 21.4 Å². The molecule has 1 amide bonds. The summed E-state index contributed by atoms with van der Waals surface area (Å²) in [6.07, 6.45) is 1.97. The molecule has 9 heteroatoms. The lowest BCUT2D eigenvalue weighted by atomic mass is 10.0. The molecular formula is C30H28N4O4S. The van der Waals surface area contributed by atoms with Gasteiger partial charge in [-0.25, -0.2) is 4.79 Å². The van der Waals surface area contributed by atoms with E-state index >= 15 is 0 Å². The molecule has 0 unspecified atom stereocenters. The smallest absolute Gasteiger partial charge is 0.337 e. The predicted molar refractivity (Wildman–Crippen MR) is 152 cm³/mol. The first-order chi connectivity index (χ1) is 18.9. The van der Waals surface area contributed by atoms with E-state index < -0.39 is 5.97 Å². The van der Waals surface area contributed by atoms with Gasteiger partial charge in [0.15, 0.2) is 5.11 Å². The fraction of sp³-hybridized carbons (Fsp3) is 0.200. The van der Waals surface area contributed by atoms with E-state index in [2.05, 4.69) is 15.6 Å². The number of ether oxygens (including phenoxy) is 1. The zero-order chi connectivity index (χ0) is 27.4. The van der Waals surface area contributed by atoms with Crippen molar-refractivity contribution in [2.24, 2.45) is 0 Å². The number of rotatable bonds is 8. The average Bonchev–Trinajstić information content (AvgIpc) is 3.58. The van der Waals surface area contributed by atoms with Gasteiger partial charge in [-0.3, -0.25) is 9.78 Å². The van der Waals surface area contributed by atoms with Crippen molar-refractivity contribution in [3.05, 3.63) is 108 Å². The van der Waals surface area contributed by atoms with Gasteiger partial charge in [0.25, 0.3) is 0 Å². The first-order valence-electron chi connectivity index (χ1n) is 12.6. The summed E-state index contributed by atoms with van der Waals surface area (Å²) in [6, 6.07) is 23.6. The van der Waals surface area contributed by atoms with Crippen molar-refractivity contribution in [2.75, 3.05) is 19.0 Å². The Morgan fingerprint density at radius 1 is 1.08 bits per heavy atom. The highest BCUT2D eigenvalue weighted by Gasteiger charge is 2.41. The molecule has 0 bridgehead atoms. The quantitative estimate of drug-likeness (QED) is 0.225. The molecule has 1 saturated heterocycles. The topological polar surface area (TPSA) is 96.7 Å². The standard InChI is InChI=1S/C30H28N4O4S/c1-19-9-11-22(12-10-19)32-26(35)15-17-34-28(27(33-30(34)39)23-8-3-4-16-31-23)25-14-13-24(38-25)20-6-5-7-21(18-20)29(36)37-2/h3-14,16,18,27-28H,15,17H2,1-2H3,(H,32,35)(H,33,39)/t27-,28+/m0/s1. The minimum absolute atomic E-state index is 0.110. The lowest BCUT2D eigenvalue weighted by molar-refractivity contribution is -0.116. The Balaban J connectivity index is 1.40. The van der Waals surface area contributed by atoms with E-state index in [1.165, 1.54) is 7.11 Å². The number of methoxy groups -OCH3 is 1. The number of aromatic nitrogens is 1. The summed E-state index contributed by atoms with van der Waals surface area (Å²) in [7, 11) is 1.35. The molecule has 1 fully saturated rings. The Morgan fingerprint density at radius 2 is 1.90 bits per heavy atom. The summed E-state index contributed by atoms with van der Waals surface area (Å²) in [6.45, 7) is 2.38. The maximum absolute atomic E-state index is 12.8. The molecule has 4 aromatic rings. The second-order valence-corrected chi connectivity index (χ2v) is 9.65. The van der Waals surface area contributed by atoms with Gasteiger partial charge in [-0.2, -0.15) is 0 Å². The number of anilines is 1. The second kappa shape index (κ2) is 11.5. The number of carbonyl (C=O) groups is 2. The number of nitrogens with zero attached hydrogens (tertiary/aromatic N) is 2. The van der Waals surface area contributed by atoms with E-state index in [1.807, 2.05) is 72.5 Å². The third kappa shape index (κ3) is 5.83. The van der Waals surface area contributed by atoms with Gasteiger partial charge in [0.2, 0.25) is 5.91 Å². The average molecular weight is 541 g/mol. The minimum atomic E-state index is -0.417. The van der Waals surface area contributed by atoms with Crippen LogP contribution in [0.3, 0.4) is 0 Å². The number of aryl methyl sites for hydroxylation is 1. The molecule has 1 aliphatic heterocycles. The molecule has 8 nitrogen and oxygen atoms in total. The molecule has 3 heterocycles. The number of furan rings is 1. The van der Waals surface area contributed by atoms with Crippen LogP contribution in [0, 0.1) is 6.92 Å². The molecule has 0 saturated carbocycles. The van der Waals surface area contributed by atoms with Crippen LogP contribution in [0.1, 0.15) is 45.9 Å². The van der Waals surface area contributed by atoms with Crippen molar-refractivity contribution >= 4 is 34.9 Å². The SMILES string of the molecule is COC(=O)c1cccc(-c2ccc([C@@H]3[C@H](c4ccccn4)NC(=S)N3CCC(=O)Nc3ccc(C)cc3)o2)c1. The van der Waals surface area contributed by atoms with Crippen molar-refractivity contribution < 1.29 is 18.7 Å². The van der Waals surface area contributed by atoms with E-state index in [9.17, 15) is 9.59 Å². The third-order valence-corrected chi connectivity index (χ3v) is 6.95. The van der Waals surface area contributed by atoms with Crippen LogP contribution >= 0.6 is 12.2 Å². The summed E-state index contributed by atoms with van der Waals surface area (Å²) in [5, 5.41) is 6.84. The minimum Gasteiger partial charge on any atom is -0.465 e. The van der Waals surface area contributed by atoms with Gasteiger partial charge in [-0.05, 0) is 67.7 Å². The van der Waals surface area contributed by atoms with Gasteiger partial charge in [0, 0.05) is 30.4 Å². The van der Waals surface area contributed by atoms with E-state index in [-0.39, 0.29) is 24.4 Å². The fourth-order valence-electron chi connectivity index (χ4n) is 4.62. The number of benzene rings is 2. The highest BCUT2D eigenvalue weighted by molar-refractivity contribution is 7.80. The van der Waals surface area contributed by atoms with Gasteiger partial charge in [-0.15, -0.1) is 0 Å². The summed E-state index contributed by atoms with van der Waals surface area (Å²) >= 11 is 5.71. The molecule has 2 aromatic carbocycles. The van der Waals surface area contributed by atoms with Crippen LogP contribution in [0.4, 0.5) is 5.69 Å². The number of carbonyl (C=O) groups excluding carboxylic acids is 2. The molecule has 0 spiro atoms. The first kappa shape index (κ1) is 26.1. The summed E-state index contributed by atoms with van der Waals surface area (Å²) < 4.78 is 11.2. The van der Waals surface area contributed by atoms with Crippen LogP contribution in [0.5, 0.6) is 0 Å². The van der Waals surface area contributed by atoms with Crippen LogP contribution < -0.4 is 10.6 Å². The molecular weight excluding hydrogens is 512 g/mol. The van der Waals surface area contributed by atoms with Crippen molar-refractivity contribution in [1.82, 2.24) is 15.2 Å². The monoisotopic (exact) mass is 540 g/mol. The molecule has 2 N–H and O–H groups in total. The van der Waals surface area contributed by atoms with Gasteiger partial charge >= 0.3 is 5.97 Å². The zero-order valence-corrected chi connectivity index (χ0v) is 22.4. The molecule has 2 aromatic heterocycles. The maximum Gasteiger partial charge on any atom is 0.337 e. The van der Waals surface area contributed by atoms with E-state index in [1.54, 1.807) is 24.4 Å². The van der Waals surface area contributed by atoms with Gasteiger partial charge < -0.3 is 24.7 Å². The molecule has 2 atom stereocenters. The third-order valence-electron chi connectivity index (χ3n) is 6.60. The van der Waals surface area contributed by atoms with Crippen LogP contribution in [0.2, 0.25) is 0 Å². The Hall–Kier alpha value is -4.50. The van der Waals surface area contributed by atoms with E-state index in [0.717, 1.165) is 22.5 Å². The maximum atomic E-state index is 12.8. The number of amides is 1. The number of thiocarbonyl (C=S) groups is 1. The van der Waals surface area contributed by atoms with Crippen LogP contribution in [0.15, 0.2) is 89.5 Å². The first-order valence-corrected chi connectivity index (χ1v) is 13.0. The Bertz CT molecular complexity index is 1490. The molecule has 39 heavy (non-hydrogen) atoms. The predicted octanol–water partition coefficient (Wildman–Crippen LogP) is 5.44. The van der Waals surface area contributed by atoms with Crippen LogP contribution in [-0.2, 0) is 9.53 Å². The number of nitrogens with one attached hydrogen (secondary N) is 2. The van der Waals surface area contributed by atoms with Crippen molar-refractivity contribution in [1.29, 1.82) is 0 Å².